The molecule has 0 bridgehead atoms. The van der Waals surface area contributed by atoms with Crippen molar-refractivity contribution in [2.24, 2.45) is 0 Å². The molecule has 1 saturated heterocycles. The minimum atomic E-state index is -1.87. The van der Waals surface area contributed by atoms with Gasteiger partial charge in [0, 0.05) is 19.6 Å². The molecule has 2 atom stereocenters. The number of nitrogens with one attached hydrogen (secondary N) is 1. The van der Waals surface area contributed by atoms with E-state index in [1.165, 1.54) is 6.08 Å². The monoisotopic (exact) mass is 548 g/mol. The third-order valence-electron chi connectivity index (χ3n) is 6.64. The van der Waals surface area contributed by atoms with Crippen LogP contribution in [-0.4, -0.2) is 47.2 Å². The number of para-hydroxylation sites is 1. The summed E-state index contributed by atoms with van der Waals surface area (Å²) in [5.41, 5.74) is 3.69. The second-order valence-corrected chi connectivity index (χ2v) is 10.1. The number of ketones is 1. The van der Waals surface area contributed by atoms with E-state index in [1.807, 2.05) is 55.5 Å². The number of amides is 1. The summed E-state index contributed by atoms with van der Waals surface area (Å²) in [6.07, 6.45) is -0.224. The van der Waals surface area contributed by atoms with Crippen LogP contribution in [0.25, 0.3) is 0 Å². The number of carbonyl (C=O) groups excluding carboxylic acids is 2. The molecule has 0 spiro atoms. The average Bonchev–Trinajstić information content (AvgIpc) is 3.17. The van der Waals surface area contributed by atoms with Crippen LogP contribution in [0.1, 0.15) is 30.4 Å². The van der Waals surface area contributed by atoms with Crippen LogP contribution in [0.4, 0.5) is 5.69 Å². The molecule has 0 saturated carbocycles. The van der Waals surface area contributed by atoms with Crippen LogP contribution in [-0.2, 0) is 16.1 Å². The van der Waals surface area contributed by atoms with E-state index < -0.39 is 23.9 Å². The zero-order chi connectivity index (χ0) is 27.8. The summed E-state index contributed by atoms with van der Waals surface area (Å²) < 4.78 is 5.83. The number of aliphatic hydroxyl groups excluding tert-OH is 2. The van der Waals surface area contributed by atoms with Crippen LogP contribution in [0, 0.1) is 6.92 Å². The van der Waals surface area contributed by atoms with Gasteiger partial charge in [0.2, 0.25) is 0 Å². The topological polar surface area (TPSA) is 99.1 Å². The van der Waals surface area contributed by atoms with Gasteiger partial charge < -0.3 is 25.2 Å². The molecule has 1 heterocycles. The molecule has 204 valence electrons. The first kappa shape index (κ1) is 28.4. The Kier molecular flexibility index (Phi) is 9.76. The zero-order valence-electron chi connectivity index (χ0n) is 21.8. The van der Waals surface area contributed by atoms with E-state index in [0.29, 0.717) is 30.2 Å². The molecule has 1 aliphatic rings. The van der Waals surface area contributed by atoms with E-state index in [-0.39, 0.29) is 6.54 Å². The maximum atomic E-state index is 12.6. The van der Waals surface area contributed by atoms with Crippen molar-refractivity contribution in [3.05, 3.63) is 101 Å². The van der Waals surface area contributed by atoms with Crippen LogP contribution >= 0.6 is 11.6 Å². The average molecular weight is 549 g/mol. The van der Waals surface area contributed by atoms with Crippen LogP contribution < -0.4 is 15.0 Å². The van der Waals surface area contributed by atoms with E-state index in [1.54, 1.807) is 24.3 Å². The number of halogens is 1. The molecule has 3 aromatic rings. The number of rotatable bonds is 9. The zero-order valence-corrected chi connectivity index (χ0v) is 22.6. The molecule has 8 heteroatoms. The van der Waals surface area contributed by atoms with Crippen molar-refractivity contribution in [1.82, 2.24) is 5.32 Å². The van der Waals surface area contributed by atoms with Gasteiger partial charge in [0.05, 0.1) is 10.7 Å². The van der Waals surface area contributed by atoms with E-state index in [0.717, 1.165) is 41.1 Å². The first-order chi connectivity index (χ1) is 18.8. The van der Waals surface area contributed by atoms with Gasteiger partial charge >= 0.3 is 0 Å². The van der Waals surface area contributed by atoms with Crippen molar-refractivity contribution in [3.8, 4) is 11.5 Å². The Labute approximate surface area is 233 Å². The maximum absolute atomic E-state index is 12.6. The van der Waals surface area contributed by atoms with Gasteiger partial charge in [0.25, 0.3) is 5.91 Å². The molecule has 7 nitrogen and oxygen atoms in total. The van der Waals surface area contributed by atoms with Gasteiger partial charge in [-0.3, -0.25) is 9.59 Å². The lowest BCUT2D eigenvalue weighted by Gasteiger charge is -2.23. The number of nitrogens with zero attached hydrogens (tertiary/aromatic N) is 1. The summed E-state index contributed by atoms with van der Waals surface area (Å²) in [7, 11) is 0. The van der Waals surface area contributed by atoms with E-state index in [2.05, 4.69) is 10.2 Å². The molecule has 0 aliphatic carbocycles. The second-order valence-electron chi connectivity index (χ2n) is 9.67. The number of hydrogen-bond acceptors (Lipinski definition) is 6. The first-order valence-electron chi connectivity index (χ1n) is 13.0. The van der Waals surface area contributed by atoms with Crippen molar-refractivity contribution in [2.75, 3.05) is 18.0 Å². The summed E-state index contributed by atoms with van der Waals surface area (Å²) >= 11 is 6.33. The van der Waals surface area contributed by atoms with E-state index in [4.69, 9.17) is 16.3 Å². The molecule has 39 heavy (non-hydrogen) atoms. The summed E-state index contributed by atoms with van der Waals surface area (Å²) in [6.45, 7) is 3.58. The molecule has 1 unspecified atom stereocenters. The molecular formula is C31H33ClN2O5. The number of ether oxygens (including phenoxy) is 1. The van der Waals surface area contributed by atoms with Crippen LogP contribution in [0.15, 0.2) is 84.4 Å². The number of carbonyl (C=O) groups is 2. The van der Waals surface area contributed by atoms with Crippen molar-refractivity contribution in [1.29, 1.82) is 0 Å². The lowest BCUT2D eigenvalue weighted by molar-refractivity contribution is -0.142. The maximum Gasteiger partial charge on any atom is 0.252 e. The van der Waals surface area contributed by atoms with Crippen LogP contribution in [0.3, 0.4) is 0 Å². The summed E-state index contributed by atoms with van der Waals surface area (Å²) in [5.74, 6) is -0.121. The number of hydrogen-bond donors (Lipinski definition) is 3. The first-order valence-corrected chi connectivity index (χ1v) is 13.4. The smallest absolute Gasteiger partial charge is 0.252 e. The highest BCUT2D eigenvalue weighted by Crippen LogP contribution is 2.29. The lowest BCUT2D eigenvalue weighted by Crippen LogP contribution is -2.45. The Morgan fingerprint density at radius 3 is 2.49 bits per heavy atom. The Morgan fingerprint density at radius 2 is 1.74 bits per heavy atom. The van der Waals surface area contributed by atoms with Crippen molar-refractivity contribution in [2.45, 2.75) is 44.9 Å². The van der Waals surface area contributed by atoms with Gasteiger partial charge in [-0.1, -0.05) is 53.6 Å². The standard InChI is InChI=1S/C31H33ClN2O5/c1-21-6-4-8-25(18-21)39-24-13-11-23(12-14-24)20-33-31(38)30(37)29(36)28(35)19-22-7-5-16-34(17-15-22)27-10-3-2-9-26(27)32/h2-4,6,8-14,18-19,29-30,36-37H,5,7,15-17,20H2,1H3,(H,33,38)/b22-19-/t29?,30-/m1/s1. The van der Waals surface area contributed by atoms with E-state index in [9.17, 15) is 19.8 Å². The minimum absolute atomic E-state index is 0.125. The SMILES string of the molecule is Cc1cccc(Oc2ccc(CNC(=O)[C@H](O)C(O)C(=O)/C=C3/CCCN(c4ccccc4Cl)CC3)cc2)c1. The fourth-order valence-electron chi connectivity index (χ4n) is 4.48. The molecule has 1 fully saturated rings. The number of anilines is 1. The van der Waals surface area contributed by atoms with Gasteiger partial charge in [-0.25, -0.2) is 0 Å². The molecule has 3 N–H and O–H groups in total. The second kappa shape index (κ2) is 13.4. The Morgan fingerprint density at radius 1 is 0.974 bits per heavy atom. The minimum Gasteiger partial charge on any atom is -0.457 e. The molecule has 0 radical (unpaired) electrons. The fourth-order valence-corrected chi connectivity index (χ4v) is 4.73. The normalized spacial score (nSPS) is 16.3. The molecule has 1 amide bonds. The van der Waals surface area contributed by atoms with Crippen LogP contribution in [0.2, 0.25) is 5.02 Å². The Balaban J connectivity index is 1.26. The number of aryl methyl sites for hydroxylation is 1. The lowest BCUT2D eigenvalue weighted by atomic mass is 10.0. The molecule has 1 aliphatic heterocycles. The summed E-state index contributed by atoms with van der Waals surface area (Å²) in [4.78, 5) is 27.3. The van der Waals surface area contributed by atoms with Gasteiger partial charge in [-0.05, 0) is 79.8 Å². The third-order valence-corrected chi connectivity index (χ3v) is 6.96. The number of aliphatic hydroxyl groups is 2. The van der Waals surface area contributed by atoms with Crippen LogP contribution in [0.5, 0.6) is 11.5 Å². The predicted molar refractivity (Wildman–Crippen MR) is 152 cm³/mol. The third kappa shape index (κ3) is 7.93. The highest BCUT2D eigenvalue weighted by molar-refractivity contribution is 6.33. The molecule has 4 rings (SSSR count). The van der Waals surface area contributed by atoms with Crippen molar-refractivity contribution < 1.29 is 24.5 Å². The van der Waals surface area contributed by atoms with Gasteiger partial charge in [0.1, 0.15) is 11.5 Å². The van der Waals surface area contributed by atoms with Crippen molar-refractivity contribution >= 4 is 29.0 Å². The van der Waals surface area contributed by atoms with Gasteiger partial charge in [-0.2, -0.15) is 0 Å². The molecule has 0 aromatic heterocycles. The molecular weight excluding hydrogens is 516 g/mol. The highest BCUT2D eigenvalue weighted by Gasteiger charge is 2.29. The molecule has 3 aromatic carbocycles. The fraction of sp³-hybridized carbons (Fsp3) is 0.290. The number of benzene rings is 3. The summed E-state index contributed by atoms with van der Waals surface area (Å²) in [5, 5.41) is 23.9. The summed E-state index contributed by atoms with van der Waals surface area (Å²) in [6, 6.07) is 22.5. The largest absolute Gasteiger partial charge is 0.457 e. The quantitative estimate of drug-likeness (QED) is 0.327. The highest BCUT2D eigenvalue weighted by atomic mass is 35.5. The Bertz CT molecular complexity index is 1320. The van der Waals surface area contributed by atoms with Gasteiger partial charge in [0.15, 0.2) is 18.0 Å². The van der Waals surface area contributed by atoms with E-state index >= 15 is 0 Å². The van der Waals surface area contributed by atoms with Crippen molar-refractivity contribution in [3.63, 3.8) is 0 Å². The van der Waals surface area contributed by atoms with Gasteiger partial charge in [-0.15, -0.1) is 0 Å². The Hall–Kier alpha value is -3.65. The predicted octanol–water partition coefficient (Wildman–Crippen LogP) is 4.96.